The fourth-order valence-electron chi connectivity index (χ4n) is 3.44. The lowest BCUT2D eigenvalue weighted by Crippen LogP contribution is -2.16. The molecule has 0 saturated heterocycles. The Balaban J connectivity index is 1.59. The van der Waals surface area contributed by atoms with Crippen molar-refractivity contribution >= 4 is 17.3 Å². The Labute approximate surface area is 181 Å². The minimum Gasteiger partial charge on any atom is -0.486 e. The molecule has 8 nitrogen and oxygen atoms in total. The molecular formula is C23H26N4O4. The number of benzene rings is 2. The molecule has 1 amide bonds. The number of aryl methyl sites for hydroxylation is 3. The maximum Gasteiger partial charge on any atom is 0.312 e. The van der Waals surface area contributed by atoms with E-state index in [0.29, 0.717) is 17.1 Å². The lowest BCUT2D eigenvalue weighted by atomic mass is 10.1. The van der Waals surface area contributed by atoms with Gasteiger partial charge in [0.15, 0.2) is 0 Å². The van der Waals surface area contributed by atoms with Crippen LogP contribution in [0.2, 0.25) is 0 Å². The zero-order valence-electron chi connectivity index (χ0n) is 18.1. The predicted molar refractivity (Wildman–Crippen MR) is 118 cm³/mol. The fourth-order valence-corrected chi connectivity index (χ4v) is 3.44. The van der Waals surface area contributed by atoms with Crippen molar-refractivity contribution in [2.75, 3.05) is 5.32 Å². The van der Waals surface area contributed by atoms with E-state index in [-0.39, 0.29) is 30.7 Å². The molecule has 1 atom stereocenters. The van der Waals surface area contributed by atoms with Gasteiger partial charge in [-0.2, -0.15) is 5.10 Å². The highest BCUT2D eigenvalue weighted by atomic mass is 16.6. The molecule has 0 aliphatic heterocycles. The van der Waals surface area contributed by atoms with E-state index in [0.717, 1.165) is 16.9 Å². The first kappa shape index (κ1) is 22.0. The van der Waals surface area contributed by atoms with Crippen LogP contribution in [0, 0.1) is 30.9 Å². The topological polar surface area (TPSA) is 99.3 Å². The van der Waals surface area contributed by atoms with E-state index in [9.17, 15) is 14.9 Å². The van der Waals surface area contributed by atoms with Gasteiger partial charge >= 0.3 is 5.69 Å². The predicted octanol–water partition coefficient (Wildman–Crippen LogP) is 4.89. The van der Waals surface area contributed by atoms with Gasteiger partial charge in [0, 0.05) is 12.1 Å². The second-order valence-electron chi connectivity index (χ2n) is 7.45. The molecule has 1 heterocycles. The molecule has 0 aliphatic rings. The first-order valence-electron chi connectivity index (χ1n) is 10.1. The Morgan fingerprint density at radius 2 is 1.90 bits per heavy atom. The Morgan fingerprint density at radius 3 is 2.52 bits per heavy atom. The molecule has 3 aromatic rings. The third-order valence-electron chi connectivity index (χ3n) is 5.13. The highest BCUT2D eigenvalue weighted by Crippen LogP contribution is 2.26. The molecule has 1 aromatic heterocycles. The van der Waals surface area contributed by atoms with Crippen LogP contribution in [0.1, 0.15) is 42.0 Å². The van der Waals surface area contributed by atoms with Gasteiger partial charge in [0.25, 0.3) is 0 Å². The van der Waals surface area contributed by atoms with Crippen LogP contribution < -0.4 is 10.1 Å². The summed E-state index contributed by atoms with van der Waals surface area (Å²) < 4.78 is 7.51. The number of nitrogens with one attached hydrogen (secondary N) is 1. The van der Waals surface area contributed by atoms with Crippen molar-refractivity contribution in [3.05, 3.63) is 81.2 Å². The fraction of sp³-hybridized carbons (Fsp3) is 0.304. The molecule has 0 saturated carbocycles. The van der Waals surface area contributed by atoms with E-state index in [4.69, 9.17) is 4.74 Å². The van der Waals surface area contributed by atoms with Crippen LogP contribution in [0.4, 0.5) is 11.4 Å². The maximum atomic E-state index is 12.4. The summed E-state index contributed by atoms with van der Waals surface area (Å²) in [5.74, 6) is 0.534. The number of hydrogen-bond donors (Lipinski definition) is 1. The minimum atomic E-state index is -0.445. The molecule has 8 heteroatoms. The number of nitro groups is 1. The number of amides is 1. The Bertz CT molecular complexity index is 1090. The zero-order valence-corrected chi connectivity index (χ0v) is 18.1. The molecule has 162 valence electrons. The lowest BCUT2D eigenvalue weighted by molar-refractivity contribution is -0.386. The lowest BCUT2D eigenvalue weighted by Gasteiger charge is -2.16. The Hall–Kier alpha value is -3.68. The summed E-state index contributed by atoms with van der Waals surface area (Å²) in [6, 6.07) is 15.5. The van der Waals surface area contributed by atoms with Crippen LogP contribution in [0.25, 0.3) is 0 Å². The first-order valence-corrected chi connectivity index (χ1v) is 10.1. The van der Waals surface area contributed by atoms with Gasteiger partial charge in [-0.05, 0) is 57.0 Å². The highest BCUT2D eigenvalue weighted by molar-refractivity contribution is 5.91. The van der Waals surface area contributed by atoms with Crippen LogP contribution in [-0.2, 0) is 11.3 Å². The molecule has 0 radical (unpaired) electrons. The normalized spacial score (nSPS) is 11.7. The number of carbonyl (C=O) groups excluding carboxylic acids is 1. The molecule has 1 N–H and O–H groups in total. The van der Waals surface area contributed by atoms with Gasteiger partial charge in [0.05, 0.1) is 11.5 Å². The van der Waals surface area contributed by atoms with Gasteiger partial charge in [0.2, 0.25) is 5.91 Å². The number of anilines is 1. The monoisotopic (exact) mass is 422 g/mol. The van der Waals surface area contributed by atoms with Gasteiger partial charge < -0.3 is 10.1 Å². The van der Waals surface area contributed by atoms with Gasteiger partial charge in [-0.15, -0.1) is 0 Å². The van der Waals surface area contributed by atoms with Crippen molar-refractivity contribution in [1.82, 2.24) is 9.78 Å². The number of nitrogens with zero attached hydrogens (tertiary/aromatic N) is 3. The summed E-state index contributed by atoms with van der Waals surface area (Å²) >= 11 is 0. The SMILES string of the molecule is Cc1cc(OC(C)c2ccccc2)ccc1NC(=O)CCn1nc(C)c([N+](=O)[O-])c1C. The van der Waals surface area contributed by atoms with E-state index in [1.807, 2.05) is 62.4 Å². The summed E-state index contributed by atoms with van der Waals surface area (Å²) in [7, 11) is 0. The average molecular weight is 422 g/mol. The largest absolute Gasteiger partial charge is 0.486 e. The van der Waals surface area contributed by atoms with E-state index in [2.05, 4.69) is 10.4 Å². The summed E-state index contributed by atoms with van der Waals surface area (Å²) in [6.07, 6.45) is 0.0628. The van der Waals surface area contributed by atoms with Gasteiger partial charge in [0.1, 0.15) is 23.2 Å². The molecule has 31 heavy (non-hydrogen) atoms. The standard InChI is InChI=1S/C23H26N4O4/c1-15-14-20(31-18(4)19-8-6-5-7-9-19)10-11-21(15)24-22(28)12-13-26-17(3)23(27(29)30)16(2)25-26/h5-11,14,18H,12-13H2,1-4H3,(H,24,28). The first-order chi connectivity index (χ1) is 14.8. The molecular weight excluding hydrogens is 396 g/mol. The molecule has 1 unspecified atom stereocenters. The minimum absolute atomic E-state index is 0.00317. The molecule has 0 spiro atoms. The van der Waals surface area contributed by atoms with Crippen molar-refractivity contribution < 1.29 is 14.5 Å². The zero-order chi connectivity index (χ0) is 22.5. The van der Waals surface area contributed by atoms with Gasteiger partial charge in [-0.25, -0.2) is 0 Å². The van der Waals surface area contributed by atoms with Crippen LogP contribution in [0.3, 0.4) is 0 Å². The maximum absolute atomic E-state index is 12.4. The number of ether oxygens (including phenoxy) is 1. The third-order valence-corrected chi connectivity index (χ3v) is 5.13. The highest BCUT2D eigenvalue weighted by Gasteiger charge is 2.22. The number of aromatic nitrogens is 2. The smallest absolute Gasteiger partial charge is 0.312 e. The summed E-state index contributed by atoms with van der Waals surface area (Å²) in [5.41, 5.74) is 3.45. The molecule has 0 bridgehead atoms. The van der Waals surface area contributed by atoms with E-state index in [1.54, 1.807) is 13.8 Å². The van der Waals surface area contributed by atoms with E-state index in [1.165, 1.54) is 4.68 Å². The van der Waals surface area contributed by atoms with Crippen LogP contribution >= 0.6 is 0 Å². The van der Waals surface area contributed by atoms with Gasteiger partial charge in [-0.1, -0.05) is 30.3 Å². The van der Waals surface area contributed by atoms with E-state index < -0.39 is 4.92 Å². The van der Waals surface area contributed by atoms with Crippen molar-refractivity contribution in [2.24, 2.45) is 0 Å². The average Bonchev–Trinajstić information content (AvgIpc) is 3.02. The van der Waals surface area contributed by atoms with Crippen molar-refractivity contribution in [3.8, 4) is 5.75 Å². The summed E-state index contributed by atoms with van der Waals surface area (Å²) in [4.78, 5) is 23.1. The Morgan fingerprint density at radius 1 is 1.19 bits per heavy atom. The second kappa shape index (κ2) is 9.42. The number of rotatable bonds is 8. The van der Waals surface area contributed by atoms with Crippen LogP contribution in [0.5, 0.6) is 5.75 Å². The molecule has 0 aliphatic carbocycles. The van der Waals surface area contributed by atoms with Gasteiger partial charge in [-0.3, -0.25) is 19.6 Å². The summed E-state index contributed by atoms with van der Waals surface area (Å²) in [6.45, 7) is 7.38. The van der Waals surface area contributed by atoms with Crippen LogP contribution in [0.15, 0.2) is 48.5 Å². The van der Waals surface area contributed by atoms with Crippen molar-refractivity contribution in [3.63, 3.8) is 0 Å². The molecule has 3 rings (SSSR count). The van der Waals surface area contributed by atoms with Crippen LogP contribution in [-0.4, -0.2) is 20.6 Å². The van der Waals surface area contributed by atoms with E-state index >= 15 is 0 Å². The molecule has 0 fully saturated rings. The summed E-state index contributed by atoms with van der Waals surface area (Å²) in [5, 5.41) is 18.2. The number of carbonyl (C=O) groups is 1. The van der Waals surface area contributed by atoms with Crippen molar-refractivity contribution in [1.29, 1.82) is 0 Å². The molecule has 2 aromatic carbocycles. The quantitative estimate of drug-likeness (QED) is 0.412. The Kier molecular flexibility index (Phi) is 6.69. The second-order valence-corrected chi connectivity index (χ2v) is 7.45. The number of hydrogen-bond acceptors (Lipinski definition) is 5. The third kappa shape index (κ3) is 5.28. The van der Waals surface area contributed by atoms with Crippen molar-refractivity contribution in [2.45, 2.75) is 46.8 Å².